The normalized spacial score (nSPS) is 21.0. The predicted octanol–water partition coefficient (Wildman–Crippen LogP) is 5.43. The molecule has 0 aromatic rings. The molecule has 1 aliphatic carbocycles. The number of unbranched alkanes of at least 4 members (excludes halogenated alkanes) is 6. The van der Waals surface area contributed by atoms with Gasteiger partial charge in [-0.1, -0.05) is 52.4 Å². The molecular formula is C21H38O4. The zero-order valence-electron chi connectivity index (χ0n) is 16.8. The fourth-order valence-electron chi connectivity index (χ4n) is 3.13. The van der Waals surface area contributed by atoms with Crippen molar-refractivity contribution in [1.29, 1.82) is 0 Å². The highest BCUT2D eigenvalue weighted by Crippen LogP contribution is 2.28. The van der Waals surface area contributed by atoms with Gasteiger partial charge in [0.1, 0.15) is 6.10 Å². The standard InChI is InChI=1S/C21H38O4/c1-5-6-7-8-9-10-11-16-24-19(22)21(3,4)20(23)25-18-14-12-17(2)13-15-18/h17-18H,5-16H2,1-4H3. The van der Waals surface area contributed by atoms with Crippen molar-refractivity contribution in [3.8, 4) is 0 Å². The summed E-state index contributed by atoms with van der Waals surface area (Å²) in [6, 6.07) is 0. The van der Waals surface area contributed by atoms with Crippen LogP contribution in [-0.4, -0.2) is 24.6 Å². The molecule has 1 fully saturated rings. The molecule has 1 rings (SSSR count). The second kappa shape index (κ2) is 11.5. The van der Waals surface area contributed by atoms with Crippen molar-refractivity contribution in [1.82, 2.24) is 0 Å². The minimum atomic E-state index is -1.22. The predicted molar refractivity (Wildman–Crippen MR) is 100 cm³/mol. The van der Waals surface area contributed by atoms with Gasteiger partial charge in [0.05, 0.1) is 6.61 Å². The first-order valence-corrected chi connectivity index (χ1v) is 10.3. The first kappa shape index (κ1) is 22.0. The topological polar surface area (TPSA) is 52.6 Å². The van der Waals surface area contributed by atoms with E-state index >= 15 is 0 Å². The smallest absolute Gasteiger partial charge is 0.323 e. The Labute approximate surface area is 154 Å². The summed E-state index contributed by atoms with van der Waals surface area (Å²) in [4.78, 5) is 24.6. The van der Waals surface area contributed by atoms with Gasteiger partial charge in [0.25, 0.3) is 0 Å². The monoisotopic (exact) mass is 354 g/mol. The first-order chi connectivity index (χ1) is 11.9. The van der Waals surface area contributed by atoms with Crippen LogP contribution in [0.2, 0.25) is 0 Å². The van der Waals surface area contributed by atoms with Crippen LogP contribution in [0.5, 0.6) is 0 Å². The van der Waals surface area contributed by atoms with E-state index in [4.69, 9.17) is 9.47 Å². The molecule has 0 atom stereocenters. The largest absolute Gasteiger partial charge is 0.465 e. The minimum Gasteiger partial charge on any atom is -0.465 e. The lowest BCUT2D eigenvalue weighted by Crippen LogP contribution is -2.39. The zero-order valence-corrected chi connectivity index (χ0v) is 16.8. The zero-order chi connectivity index (χ0) is 18.7. The van der Waals surface area contributed by atoms with E-state index in [1.807, 2.05) is 0 Å². The summed E-state index contributed by atoms with van der Waals surface area (Å²) in [6.45, 7) is 8.04. The lowest BCUT2D eigenvalue weighted by atomic mass is 9.88. The molecule has 0 saturated heterocycles. The summed E-state index contributed by atoms with van der Waals surface area (Å²) < 4.78 is 10.9. The van der Waals surface area contributed by atoms with Crippen LogP contribution in [-0.2, 0) is 19.1 Å². The second-order valence-corrected chi connectivity index (χ2v) is 8.17. The fraction of sp³-hybridized carbons (Fsp3) is 0.905. The van der Waals surface area contributed by atoms with E-state index in [0.717, 1.165) is 38.5 Å². The third-order valence-electron chi connectivity index (χ3n) is 5.24. The summed E-state index contributed by atoms with van der Waals surface area (Å²) >= 11 is 0. The molecule has 4 nitrogen and oxygen atoms in total. The van der Waals surface area contributed by atoms with Gasteiger partial charge >= 0.3 is 11.9 Å². The lowest BCUT2D eigenvalue weighted by molar-refractivity contribution is -0.174. The van der Waals surface area contributed by atoms with Crippen LogP contribution in [0.4, 0.5) is 0 Å². The Hall–Kier alpha value is -1.06. The number of carbonyl (C=O) groups is 2. The molecule has 1 saturated carbocycles. The van der Waals surface area contributed by atoms with Gasteiger partial charge in [-0.15, -0.1) is 0 Å². The Morgan fingerprint density at radius 2 is 1.44 bits per heavy atom. The van der Waals surface area contributed by atoms with Gasteiger partial charge in [-0.3, -0.25) is 9.59 Å². The Bertz CT molecular complexity index is 395. The maximum Gasteiger partial charge on any atom is 0.323 e. The molecule has 25 heavy (non-hydrogen) atoms. The first-order valence-electron chi connectivity index (χ1n) is 10.3. The Morgan fingerprint density at radius 1 is 0.880 bits per heavy atom. The summed E-state index contributed by atoms with van der Waals surface area (Å²) in [5.74, 6) is -0.209. The van der Waals surface area contributed by atoms with Gasteiger partial charge in [0, 0.05) is 0 Å². The van der Waals surface area contributed by atoms with E-state index < -0.39 is 17.4 Å². The molecule has 0 aromatic carbocycles. The summed E-state index contributed by atoms with van der Waals surface area (Å²) in [5, 5.41) is 0. The summed E-state index contributed by atoms with van der Waals surface area (Å²) in [5.41, 5.74) is -1.22. The van der Waals surface area contributed by atoms with Crippen LogP contribution in [0.15, 0.2) is 0 Å². The van der Waals surface area contributed by atoms with Crippen LogP contribution < -0.4 is 0 Å². The third-order valence-corrected chi connectivity index (χ3v) is 5.24. The van der Waals surface area contributed by atoms with Crippen LogP contribution >= 0.6 is 0 Å². The number of rotatable bonds is 11. The molecule has 4 heteroatoms. The molecule has 0 radical (unpaired) electrons. The molecular weight excluding hydrogens is 316 g/mol. The molecule has 0 aliphatic heterocycles. The van der Waals surface area contributed by atoms with Crippen LogP contribution in [0.1, 0.15) is 98.3 Å². The summed E-state index contributed by atoms with van der Waals surface area (Å²) in [6.07, 6.45) is 12.1. The number of hydrogen-bond acceptors (Lipinski definition) is 4. The molecule has 0 amide bonds. The lowest BCUT2D eigenvalue weighted by Gasteiger charge is -2.29. The highest BCUT2D eigenvalue weighted by molar-refractivity contribution is 5.99. The number of ether oxygens (including phenoxy) is 2. The number of esters is 2. The fourth-order valence-corrected chi connectivity index (χ4v) is 3.13. The van der Waals surface area contributed by atoms with Gasteiger partial charge in [-0.05, 0) is 51.9 Å². The van der Waals surface area contributed by atoms with Crippen molar-refractivity contribution < 1.29 is 19.1 Å². The maximum absolute atomic E-state index is 12.4. The molecule has 0 aromatic heterocycles. The molecule has 0 unspecified atom stereocenters. The molecule has 0 N–H and O–H groups in total. The van der Waals surface area contributed by atoms with E-state index in [9.17, 15) is 9.59 Å². The van der Waals surface area contributed by atoms with E-state index in [1.165, 1.54) is 32.1 Å². The number of hydrogen-bond donors (Lipinski definition) is 0. The maximum atomic E-state index is 12.4. The van der Waals surface area contributed by atoms with Gasteiger partial charge in [0.15, 0.2) is 5.41 Å². The number of carbonyl (C=O) groups excluding carboxylic acids is 2. The highest BCUT2D eigenvalue weighted by atomic mass is 16.6. The molecule has 0 bridgehead atoms. The van der Waals surface area contributed by atoms with E-state index in [2.05, 4.69) is 13.8 Å². The van der Waals surface area contributed by atoms with Crippen molar-refractivity contribution >= 4 is 11.9 Å². The Kier molecular flexibility index (Phi) is 10.1. The van der Waals surface area contributed by atoms with Crippen molar-refractivity contribution in [2.45, 2.75) is 104 Å². The molecule has 146 valence electrons. The van der Waals surface area contributed by atoms with Crippen molar-refractivity contribution in [2.24, 2.45) is 11.3 Å². The van der Waals surface area contributed by atoms with Gasteiger partial charge in [0.2, 0.25) is 0 Å². The van der Waals surface area contributed by atoms with Crippen molar-refractivity contribution in [2.75, 3.05) is 6.61 Å². The van der Waals surface area contributed by atoms with Crippen LogP contribution in [0.25, 0.3) is 0 Å². The van der Waals surface area contributed by atoms with E-state index in [0.29, 0.717) is 12.5 Å². The molecule has 1 aliphatic rings. The second-order valence-electron chi connectivity index (χ2n) is 8.17. The molecule has 0 spiro atoms. The van der Waals surface area contributed by atoms with Crippen molar-refractivity contribution in [3.05, 3.63) is 0 Å². The van der Waals surface area contributed by atoms with Crippen LogP contribution in [0, 0.1) is 11.3 Å². The summed E-state index contributed by atoms with van der Waals surface area (Å²) in [7, 11) is 0. The Balaban J connectivity index is 2.22. The average Bonchev–Trinajstić information content (AvgIpc) is 2.58. The quantitative estimate of drug-likeness (QED) is 0.282. The van der Waals surface area contributed by atoms with E-state index in [1.54, 1.807) is 13.8 Å². The van der Waals surface area contributed by atoms with Crippen LogP contribution in [0.3, 0.4) is 0 Å². The highest BCUT2D eigenvalue weighted by Gasteiger charge is 2.40. The third kappa shape index (κ3) is 8.24. The van der Waals surface area contributed by atoms with Gasteiger partial charge < -0.3 is 9.47 Å². The average molecular weight is 355 g/mol. The van der Waals surface area contributed by atoms with Gasteiger partial charge in [-0.25, -0.2) is 0 Å². The Morgan fingerprint density at radius 3 is 2.04 bits per heavy atom. The molecule has 0 heterocycles. The van der Waals surface area contributed by atoms with E-state index in [-0.39, 0.29) is 6.10 Å². The van der Waals surface area contributed by atoms with Crippen molar-refractivity contribution in [3.63, 3.8) is 0 Å². The minimum absolute atomic E-state index is 0.0427. The van der Waals surface area contributed by atoms with Gasteiger partial charge in [-0.2, -0.15) is 0 Å². The SMILES string of the molecule is CCCCCCCCCOC(=O)C(C)(C)C(=O)OC1CCC(C)CC1.